The first kappa shape index (κ1) is 29.0. The fourth-order valence-electron chi connectivity index (χ4n) is 4.29. The molecule has 1 unspecified atom stereocenters. The van der Waals surface area contributed by atoms with E-state index in [1.807, 2.05) is 23.6 Å². The lowest BCUT2D eigenvalue weighted by Crippen LogP contribution is -2.35. The van der Waals surface area contributed by atoms with E-state index in [0.717, 1.165) is 25.7 Å². The summed E-state index contributed by atoms with van der Waals surface area (Å²) in [6.07, 6.45) is 10.3. The van der Waals surface area contributed by atoms with Crippen LogP contribution in [0.4, 0.5) is 11.8 Å². The summed E-state index contributed by atoms with van der Waals surface area (Å²) in [5, 5.41) is 3.37. The van der Waals surface area contributed by atoms with Crippen molar-refractivity contribution in [3.05, 3.63) is 48.8 Å². The first-order valence-corrected chi connectivity index (χ1v) is 15.3. The number of anilines is 2. The summed E-state index contributed by atoms with van der Waals surface area (Å²) >= 11 is 0. The maximum Gasteiger partial charge on any atom is 0.589 e. The molecule has 4 atom stereocenters. The maximum atomic E-state index is 13.7. The van der Waals surface area contributed by atoms with Crippen LogP contribution in [0.3, 0.4) is 0 Å². The van der Waals surface area contributed by atoms with Gasteiger partial charge < -0.3 is 29.5 Å². The third-order valence-corrected chi connectivity index (χ3v) is 7.99. The Bertz CT molecular complexity index is 1410. The highest BCUT2D eigenvalue weighted by Gasteiger charge is 2.37. The van der Waals surface area contributed by atoms with Gasteiger partial charge in [-0.3, -0.25) is 4.52 Å². The molecule has 4 N–H and O–H groups in total. The van der Waals surface area contributed by atoms with Crippen LogP contribution in [-0.2, 0) is 23.2 Å². The predicted molar refractivity (Wildman–Crippen MR) is 153 cm³/mol. The van der Waals surface area contributed by atoms with E-state index >= 15 is 0 Å². The van der Waals surface area contributed by atoms with Crippen molar-refractivity contribution in [2.75, 3.05) is 24.3 Å². The van der Waals surface area contributed by atoms with Crippen LogP contribution in [0.15, 0.2) is 48.8 Å². The zero-order valence-corrected chi connectivity index (χ0v) is 24.0. The Morgan fingerprint density at radius 1 is 1.22 bits per heavy atom. The van der Waals surface area contributed by atoms with E-state index in [1.165, 1.54) is 0 Å². The number of nitrogen functional groups attached to an aromatic ring is 1. The van der Waals surface area contributed by atoms with Crippen molar-refractivity contribution < 1.29 is 27.8 Å². The van der Waals surface area contributed by atoms with Gasteiger partial charge in [-0.1, -0.05) is 43.7 Å². The number of allylic oxidation sites excluding steroid dienone is 1. The van der Waals surface area contributed by atoms with Gasteiger partial charge in [0.2, 0.25) is 5.95 Å². The molecule has 0 spiro atoms. The van der Waals surface area contributed by atoms with Crippen molar-refractivity contribution in [1.82, 2.24) is 25.0 Å². The summed E-state index contributed by atoms with van der Waals surface area (Å²) in [5.74, 6) is 0.0971. The molecular formula is C27H36N7O6P. The molecule has 1 fully saturated rings. The van der Waals surface area contributed by atoms with E-state index < -0.39 is 19.8 Å². The van der Waals surface area contributed by atoms with Gasteiger partial charge in [-0.25, -0.2) is 14.3 Å². The third-order valence-electron chi connectivity index (χ3n) is 6.69. The van der Waals surface area contributed by atoms with Crippen LogP contribution in [0.2, 0.25) is 0 Å². The molecule has 2 aromatic heterocycles. The molecule has 0 saturated heterocycles. The van der Waals surface area contributed by atoms with Crippen LogP contribution in [0.5, 0.6) is 5.75 Å². The van der Waals surface area contributed by atoms with Crippen LogP contribution in [0.25, 0.3) is 11.2 Å². The van der Waals surface area contributed by atoms with Gasteiger partial charge in [0.25, 0.3) is 0 Å². The van der Waals surface area contributed by atoms with E-state index in [-0.39, 0.29) is 30.3 Å². The fourth-order valence-corrected chi connectivity index (χ4v) is 5.56. The van der Waals surface area contributed by atoms with Crippen molar-refractivity contribution in [2.24, 2.45) is 5.92 Å². The van der Waals surface area contributed by atoms with Crippen molar-refractivity contribution >= 4 is 36.7 Å². The molecule has 0 amide bonds. The molecule has 3 aromatic rings. The number of imidazole rings is 1. The second kappa shape index (κ2) is 13.0. The number of rotatable bonds is 15. The number of hydrogen-bond acceptors (Lipinski definition) is 12. The van der Waals surface area contributed by atoms with Crippen molar-refractivity contribution in [3.63, 3.8) is 0 Å². The van der Waals surface area contributed by atoms with Crippen LogP contribution < -0.4 is 21.1 Å². The highest BCUT2D eigenvalue weighted by molar-refractivity contribution is 7.49. The van der Waals surface area contributed by atoms with Gasteiger partial charge in [-0.2, -0.15) is 15.4 Å². The lowest BCUT2D eigenvalue weighted by atomic mass is 10.1. The van der Waals surface area contributed by atoms with E-state index in [1.54, 1.807) is 43.6 Å². The van der Waals surface area contributed by atoms with Crippen molar-refractivity contribution in [3.8, 4) is 5.75 Å². The van der Waals surface area contributed by atoms with E-state index in [0.29, 0.717) is 36.1 Å². The van der Waals surface area contributed by atoms with E-state index in [9.17, 15) is 9.36 Å². The number of benzene rings is 1. The monoisotopic (exact) mass is 585 g/mol. The zero-order chi connectivity index (χ0) is 28.8. The minimum Gasteiger partial charge on any atom is -0.395 e. The van der Waals surface area contributed by atoms with Crippen LogP contribution in [0, 0.1) is 5.92 Å². The number of nitrogens with two attached hydrogens (primary N) is 1. The number of nitrogens with one attached hydrogen (secondary N) is 2. The Morgan fingerprint density at radius 2 is 2.02 bits per heavy atom. The summed E-state index contributed by atoms with van der Waals surface area (Å²) in [6.45, 7) is 4.00. The number of phosphoric ester groups is 1. The molecule has 0 bridgehead atoms. The first-order chi connectivity index (χ1) is 19.8. The number of phosphoric acid groups is 1. The molecular weight excluding hydrogens is 549 g/mol. The Kier molecular flexibility index (Phi) is 9.19. The van der Waals surface area contributed by atoms with Gasteiger partial charge >= 0.3 is 13.8 Å². The van der Waals surface area contributed by atoms with Crippen LogP contribution in [0.1, 0.15) is 52.0 Å². The molecule has 0 radical (unpaired) electrons. The van der Waals surface area contributed by atoms with Crippen molar-refractivity contribution in [2.45, 2.75) is 64.1 Å². The molecule has 41 heavy (non-hydrogen) atoms. The van der Waals surface area contributed by atoms with Gasteiger partial charge in [0.05, 0.1) is 25.6 Å². The molecule has 1 saturated carbocycles. The highest BCUT2D eigenvalue weighted by atomic mass is 31.2. The van der Waals surface area contributed by atoms with Crippen molar-refractivity contribution in [1.29, 1.82) is 0 Å². The maximum absolute atomic E-state index is 13.7. The average Bonchev–Trinajstić information content (AvgIpc) is 3.47. The normalized spacial score (nSPS) is 20.5. The minimum atomic E-state index is -4.33. The summed E-state index contributed by atoms with van der Waals surface area (Å²) in [4.78, 5) is 31.3. The number of hydrogen-bond donors (Lipinski definition) is 3. The summed E-state index contributed by atoms with van der Waals surface area (Å²) in [5.41, 5.74) is 9.89. The number of fused-ring (bicyclic) bond motifs is 1. The fraction of sp³-hybridized carbons (Fsp3) is 0.481. The Balaban J connectivity index is 1.23. The average molecular weight is 586 g/mol. The Hall–Kier alpha value is -3.51. The van der Waals surface area contributed by atoms with Crippen LogP contribution in [-0.4, -0.2) is 50.8 Å². The standard InChI is InChI=1S/C27H36N7O6P/c1-3-4-14-37-33-18(2)26(35)40-41(36,39-22-8-6-5-7-9-22)38-16-19-10-13-21(15-19)34-17-29-23-24(30-20-11-12-20)31-27(28)32-25(23)34/h5-10,13,17-21,33H,3-4,11-12,14-16H2,1-2H3,(H3,28,30,31,32)/t18-,19+,21-,41?/m0/s1. The lowest BCUT2D eigenvalue weighted by Gasteiger charge is -2.21. The van der Waals surface area contributed by atoms with Gasteiger partial charge in [0, 0.05) is 12.0 Å². The largest absolute Gasteiger partial charge is 0.589 e. The number of unbranched alkanes of at least 4 members (excludes halogenated alkanes) is 1. The second-order valence-electron chi connectivity index (χ2n) is 10.2. The third kappa shape index (κ3) is 7.62. The zero-order valence-electron chi connectivity index (χ0n) is 23.1. The van der Waals surface area contributed by atoms with E-state index in [4.69, 9.17) is 24.1 Å². The molecule has 2 aliphatic rings. The molecule has 13 nitrogen and oxygen atoms in total. The number of carbonyl (C=O) groups excluding carboxylic acids is 1. The second-order valence-corrected chi connectivity index (χ2v) is 11.7. The smallest absolute Gasteiger partial charge is 0.395 e. The number of carbonyl (C=O) groups is 1. The van der Waals surface area contributed by atoms with Gasteiger partial charge in [-0.15, -0.1) is 0 Å². The van der Waals surface area contributed by atoms with Crippen LogP contribution >= 0.6 is 7.82 Å². The summed E-state index contributed by atoms with van der Waals surface area (Å²) in [6, 6.07) is 7.85. The SMILES string of the molecule is CCCCON[C@@H](C)C(=O)OP(=O)(OC[C@@H]1C=C[C@H](n2cnc3c(NC4CC4)nc(N)nc32)C1)Oc1ccccc1. The first-order valence-electron chi connectivity index (χ1n) is 13.9. The van der Waals surface area contributed by atoms with Gasteiger partial charge in [-0.05, 0) is 44.7 Å². The van der Waals surface area contributed by atoms with Gasteiger partial charge in [0.1, 0.15) is 11.8 Å². The topological polar surface area (TPSA) is 165 Å². The molecule has 1 aromatic carbocycles. The molecule has 5 rings (SSSR count). The number of aromatic nitrogens is 4. The predicted octanol–water partition coefficient (Wildman–Crippen LogP) is 4.56. The Labute approximate surface area is 238 Å². The molecule has 2 heterocycles. The number of para-hydroxylation sites is 1. The summed E-state index contributed by atoms with van der Waals surface area (Å²) in [7, 11) is -4.33. The number of hydroxylamine groups is 1. The molecule has 2 aliphatic carbocycles. The lowest BCUT2D eigenvalue weighted by molar-refractivity contribution is -0.142. The highest BCUT2D eigenvalue weighted by Crippen LogP contribution is 2.51. The molecule has 220 valence electrons. The quantitative estimate of drug-likeness (QED) is 0.0987. The molecule has 14 heteroatoms. The minimum absolute atomic E-state index is 0.00254. The van der Waals surface area contributed by atoms with E-state index in [2.05, 4.69) is 25.7 Å². The summed E-state index contributed by atoms with van der Waals surface area (Å²) < 4.78 is 32.2. The van der Waals surface area contributed by atoms with Gasteiger partial charge in [0.15, 0.2) is 17.0 Å². The number of nitrogens with zero attached hydrogens (tertiary/aromatic N) is 4. The molecule has 0 aliphatic heterocycles. The Morgan fingerprint density at radius 3 is 2.78 bits per heavy atom.